The van der Waals surface area contributed by atoms with E-state index in [0.29, 0.717) is 29.6 Å². The number of hydrogen-bond acceptors (Lipinski definition) is 3. The minimum atomic E-state index is 0.288. The van der Waals surface area contributed by atoms with Gasteiger partial charge in [-0.2, -0.15) is 0 Å². The molecule has 2 aliphatic heterocycles. The molecule has 4 rings (SSSR count). The minimum absolute atomic E-state index is 0.288. The lowest BCUT2D eigenvalue weighted by molar-refractivity contribution is -0.132. The van der Waals surface area contributed by atoms with Gasteiger partial charge < -0.3 is 14.4 Å². The van der Waals surface area contributed by atoms with E-state index in [2.05, 4.69) is 11.8 Å². The number of nitrogens with zero attached hydrogens (tertiary/aromatic N) is 1. The van der Waals surface area contributed by atoms with Crippen molar-refractivity contribution in [3.05, 3.63) is 0 Å². The molecule has 4 aliphatic rings. The van der Waals surface area contributed by atoms with Gasteiger partial charge in [-0.3, -0.25) is 4.79 Å². The molecule has 2 saturated heterocycles. The average molecular weight is 293 g/mol. The van der Waals surface area contributed by atoms with Gasteiger partial charge in [-0.1, -0.05) is 6.92 Å². The second-order valence-electron chi connectivity index (χ2n) is 7.67. The van der Waals surface area contributed by atoms with Gasteiger partial charge in [-0.05, 0) is 43.4 Å². The maximum atomic E-state index is 12.3. The molecular weight excluding hydrogens is 266 g/mol. The molecule has 0 aromatic rings. The Bertz CT molecular complexity index is 409. The Hall–Kier alpha value is -0.610. The normalized spacial score (nSPS) is 41.4. The summed E-state index contributed by atoms with van der Waals surface area (Å²) in [6.45, 7) is 6.60. The molecule has 21 heavy (non-hydrogen) atoms. The number of carbonyl (C=O) groups is 1. The molecule has 4 fully saturated rings. The molecular formula is C17H27NO3. The summed E-state index contributed by atoms with van der Waals surface area (Å²) >= 11 is 0. The van der Waals surface area contributed by atoms with Crippen molar-refractivity contribution in [2.75, 3.05) is 32.9 Å². The third-order valence-corrected chi connectivity index (χ3v) is 5.86. The first kappa shape index (κ1) is 14.0. The number of fused-ring (bicyclic) bond motifs is 1. The van der Waals surface area contributed by atoms with Gasteiger partial charge in [-0.15, -0.1) is 0 Å². The summed E-state index contributed by atoms with van der Waals surface area (Å²) in [5, 5.41) is 0. The molecule has 0 aromatic heterocycles. The molecule has 0 aromatic carbocycles. The smallest absolute Gasteiger partial charge is 0.226 e. The summed E-state index contributed by atoms with van der Waals surface area (Å²) in [4.78, 5) is 14.4. The Balaban J connectivity index is 1.24. The van der Waals surface area contributed by atoms with Crippen molar-refractivity contribution < 1.29 is 14.3 Å². The van der Waals surface area contributed by atoms with E-state index in [0.717, 1.165) is 51.7 Å². The van der Waals surface area contributed by atoms with Crippen LogP contribution in [0.5, 0.6) is 0 Å². The third-order valence-electron chi connectivity index (χ3n) is 5.86. The van der Waals surface area contributed by atoms with Gasteiger partial charge in [0, 0.05) is 38.1 Å². The highest BCUT2D eigenvalue weighted by atomic mass is 16.5. The molecule has 5 atom stereocenters. The molecule has 2 aliphatic carbocycles. The molecule has 0 N–H and O–H groups in total. The van der Waals surface area contributed by atoms with Crippen molar-refractivity contribution in [1.82, 2.24) is 4.90 Å². The van der Waals surface area contributed by atoms with Crippen LogP contribution in [0.2, 0.25) is 0 Å². The lowest BCUT2D eigenvalue weighted by Crippen LogP contribution is -2.32. The first-order valence-corrected chi connectivity index (χ1v) is 8.70. The van der Waals surface area contributed by atoms with Crippen LogP contribution in [0.3, 0.4) is 0 Å². The standard InChI is InChI=1S/C17H27NO3/c1-11-6-14(11)17(19)18-7-15-13(10-21-16(15)8-18)4-5-20-9-12-2-3-12/h11-16H,2-10H2,1H3/t11-,13-,14+,15-,16-/m0/s1. The lowest BCUT2D eigenvalue weighted by Gasteiger charge is -2.20. The molecule has 2 heterocycles. The van der Waals surface area contributed by atoms with Crippen LogP contribution in [0.1, 0.15) is 32.6 Å². The van der Waals surface area contributed by atoms with E-state index in [-0.39, 0.29) is 6.10 Å². The molecule has 1 amide bonds. The number of ether oxygens (including phenoxy) is 2. The number of rotatable bonds is 6. The van der Waals surface area contributed by atoms with Crippen LogP contribution in [0.25, 0.3) is 0 Å². The molecule has 118 valence electrons. The topological polar surface area (TPSA) is 38.8 Å². The Morgan fingerprint density at radius 3 is 2.86 bits per heavy atom. The van der Waals surface area contributed by atoms with Crippen molar-refractivity contribution in [1.29, 1.82) is 0 Å². The van der Waals surface area contributed by atoms with Crippen LogP contribution in [0.15, 0.2) is 0 Å². The molecule has 4 heteroatoms. The summed E-state index contributed by atoms with van der Waals surface area (Å²) in [7, 11) is 0. The summed E-state index contributed by atoms with van der Waals surface area (Å²) < 4.78 is 11.7. The fraction of sp³-hybridized carbons (Fsp3) is 0.941. The fourth-order valence-electron chi connectivity index (χ4n) is 3.95. The second kappa shape index (κ2) is 5.54. The highest BCUT2D eigenvalue weighted by molar-refractivity contribution is 5.82. The van der Waals surface area contributed by atoms with Gasteiger partial charge in [0.15, 0.2) is 0 Å². The van der Waals surface area contributed by atoms with Gasteiger partial charge in [0.25, 0.3) is 0 Å². The van der Waals surface area contributed by atoms with Crippen LogP contribution < -0.4 is 0 Å². The highest BCUT2D eigenvalue weighted by Gasteiger charge is 2.49. The Labute approximate surface area is 127 Å². The van der Waals surface area contributed by atoms with Crippen molar-refractivity contribution in [3.8, 4) is 0 Å². The average Bonchev–Trinajstić information content (AvgIpc) is 3.34. The zero-order valence-electron chi connectivity index (χ0n) is 13.0. The maximum Gasteiger partial charge on any atom is 0.226 e. The van der Waals surface area contributed by atoms with E-state index in [1.54, 1.807) is 0 Å². The highest BCUT2D eigenvalue weighted by Crippen LogP contribution is 2.42. The van der Waals surface area contributed by atoms with Crippen LogP contribution in [-0.2, 0) is 14.3 Å². The van der Waals surface area contributed by atoms with Crippen LogP contribution in [0, 0.1) is 29.6 Å². The molecule has 0 unspecified atom stereocenters. The Morgan fingerprint density at radius 1 is 1.33 bits per heavy atom. The zero-order chi connectivity index (χ0) is 14.4. The van der Waals surface area contributed by atoms with Crippen molar-refractivity contribution in [3.63, 3.8) is 0 Å². The first-order valence-electron chi connectivity index (χ1n) is 8.70. The number of likely N-dealkylation sites (tertiary alicyclic amines) is 1. The summed E-state index contributed by atoms with van der Waals surface area (Å²) in [5.41, 5.74) is 0. The van der Waals surface area contributed by atoms with Crippen molar-refractivity contribution in [2.24, 2.45) is 29.6 Å². The van der Waals surface area contributed by atoms with E-state index >= 15 is 0 Å². The van der Waals surface area contributed by atoms with Gasteiger partial charge in [-0.25, -0.2) is 0 Å². The SMILES string of the molecule is C[C@H]1C[C@H]1C(=O)N1C[C@H]2[C@@H](CCOCC3CC3)CO[C@H]2C1. The molecule has 0 bridgehead atoms. The van der Waals surface area contributed by atoms with Crippen LogP contribution in [0.4, 0.5) is 0 Å². The largest absolute Gasteiger partial charge is 0.381 e. The van der Waals surface area contributed by atoms with E-state index in [1.165, 1.54) is 12.8 Å². The summed E-state index contributed by atoms with van der Waals surface area (Å²) in [6, 6.07) is 0. The molecule has 0 spiro atoms. The first-order chi connectivity index (χ1) is 10.2. The summed E-state index contributed by atoms with van der Waals surface area (Å²) in [5.74, 6) is 3.27. The van der Waals surface area contributed by atoms with E-state index in [4.69, 9.17) is 9.47 Å². The Morgan fingerprint density at radius 2 is 2.14 bits per heavy atom. The predicted octanol–water partition coefficient (Wildman–Crippen LogP) is 1.93. The van der Waals surface area contributed by atoms with Crippen LogP contribution in [-0.4, -0.2) is 49.8 Å². The summed E-state index contributed by atoms with van der Waals surface area (Å²) in [6.07, 6.45) is 5.18. The molecule has 4 nitrogen and oxygen atoms in total. The number of hydrogen-bond donors (Lipinski definition) is 0. The third kappa shape index (κ3) is 2.98. The Kier molecular flexibility index (Phi) is 3.70. The number of carbonyl (C=O) groups excluding carboxylic acids is 1. The quantitative estimate of drug-likeness (QED) is 0.703. The minimum Gasteiger partial charge on any atom is -0.381 e. The van der Waals surface area contributed by atoms with Crippen molar-refractivity contribution in [2.45, 2.75) is 38.7 Å². The van der Waals surface area contributed by atoms with E-state index in [9.17, 15) is 4.79 Å². The van der Waals surface area contributed by atoms with Crippen LogP contribution >= 0.6 is 0 Å². The predicted molar refractivity (Wildman–Crippen MR) is 78.7 cm³/mol. The van der Waals surface area contributed by atoms with Gasteiger partial charge in [0.2, 0.25) is 5.91 Å². The monoisotopic (exact) mass is 293 g/mol. The van der Waals surface area contributed by atoms with Gasteiger partial charge >= 0.3 is 0 Å². The van der Waals surface area contributed by atoms with Gasteiger partial charge in [0.1, 0.15) is 0 Å². The lowest BCUT2D eigenvalue weighted by atomic mass is 9.91. The second-order valence-corrected chi connectivity index (χ2v) is 7.67. The maximum absolute atomic E-state index is 12.3. The molecule has 0 radical (unpaired) electrons. The fourth-order valence-corrected chi connectivity index (χ4v) is 3.95. The number of amides is 1. The van der Waals surface area contributed by atoms with Crippen molar-refractivity contribution >= 4 is 5.91 Å². The molecule has 2 saturated carbocycles. The van der Waals surface area contributed by atoms with E-state index < -0.39 is 0 Å². The van der Waals surface area contributed by atoms with Gasteiger partial charge in [0.05, 0.1) is 12.7 Å². The zero-order valence-corrected chi connectivity index (χ0v) is 13.0. The van der Waals surface area contributed by atoms with E-state index in [1.807, 2.05) is 0 Å².